The quantitative estimate of drug-likeness (QED) is 0.929. The number of hydrogen-bond donors (Lipinski definition) is 1. The Labute approximate surface area is 138 Å². The van der Waals surface area contributed by atoms with E-state index in [4.69, 9.17) is 0 Å². The number of nitrogens with zero attached hydrogens (tertiary/aromatic N) is 3. The molecule has 7 heteroatoms. The van der Waals surface area contributed by atoms with E-state index in [9.17, 15) is 18.3 Å². The van der Waals surface area contributed by atoms with Gasteiger partial charge in [0, 0.05) is 25.8 Å². The Kier molecular flexibility index (Phi) is 4.91. The number of benzene rings is 1. The molecule has 2 heterocycles. The maximum absolute atomic E-state index is 12.6. The number of alkyl halides is 3. The van der Waals surface area contributed by atoms with Gasteiger partial charge in [-0.05, 0) is 24.5 Å². The first kappa shape index (κ1) is 17.0. The van der Waals surface area contributed by atoms with Gasteiger partial charge in [-0.3, -0.25) is 4.68 Å². The molecule has 1 saturated heterocycles. The predicted octanol–water partition coefficient (Wildman–Crippen LogP) is 3.27. The molecule has 130 valence electrons. The molecule has 0 amide bonds. The molecule has 4 nitrogen and oxygen atoms in total. The van der Waals surface area contributed by atoms with Crippen LogP contribution in [0.3, 0.4) is 0 Å². The summed E-state index contributed by atoms with van der Waals surface area (Å²) in [6.45, 7) is 2.00. The zero-order valence-corrected chi connectivity index (χ0v) is 13.2. The fourth-order valence-corrected chi connectivity index (χ4v) is 3.08. The van der Waals surface area contributed by atoms with Gasteiger partial charge < -0.3 is 10.0 Å². The molecule has 0 aliphatic carbocycles. The monoisotopic (exact) mass is 339 g/mol. The number of likely N-dealkylation sites (tertiary alicyclic amines) is 1. The number of aliphatic hydroxyl groups is 1. The summed E-state index contributed by atoms with van der Waals surface area (Å²) in [6.07, 6.45) is -2.10. The van der Waals surface area contributed by atoms with Gasteiger partial charge >= 0.3 is 6.18 Å². The lowest BCUT2D eigenvalue weighted by atomic mass is 10.0. The van der Waals surface area contributed by atoms with Crippen molar-refractivity contribution < 1.29 is 18.3 Å². The highest BCUT2D eigenvalue weighted by Crippen LogP contribution is 2.30. The average Bonchev–Trinajstić information content (AvgIpc) is 3.07. The minimum Gasteiger partial charge on any atom is -0.387 e. The topological polar surface area (TPSA) is 41.3 Å². The summed E-state index contributed by atoms with van der Waals surface area (Å²) in [4.78, 5) is 2.14. The minimum atomic E-state index is -4.40. The SMILES string of the molecule is O[C@@H](CN1CCC(n2ccc(C(F)(F)F)n2)CC1)c1ccccc1. The molecule has 1 aliphatic heterocycles. The van der Waals surface area contributed by atoms with Crippen molar-refractivity contribution in [3.8, 4) is 0 Å². The lowest BCUT2D eigenvalue weighted by Crippen LogP contribution is -2.37. The maximum Gasteiger partial charge on any atom is 0.435 e. The fourth-order valence-electron chi connectivity index (χ4n) is 3.08. The molecule has 0 radical (unpaired) electrons. The number of aromatic nitrogens is 2. The van der Waals surface area contributed by atoms with Gasteiger partial charge in [0.15, 0.2) is 5.69 Å². The molecule has 1 aromatic heterocycles. The Bertz CT molecular complexity index is 649. The molecular weight excluding hydrogens is 319 g/mol. The van der Waals surface area contributed by atoms with Gasteiger partial charge in [-0.1, -0.05) is 30.3 Å². The second kappa shape index (κ2) is 6.94. The van der Waals surface area contributed by atoms with E-state index in [0.717, 1.165) is 37.6 Å². The standard InChI is InChI=1S/C17H20F3N3O/c18-17(19,20)16-8-11-23(21-16)14-6-9-22(10-7-14)12-15(24)13-4-2-1-3-5-13/h1-5,8,11,14-15,24H,6-7,9-10,12H2/t15-/m0/s1. The van der Waals surface area contributed by atoms with Gasteiger partial charge in [0.05, 0.1) is 12.1 Å². The van der Waals surface area contributed by atoms with Crippen molar-refractivity contribution in [2.24, 2.45) is 0 Å². The summed E-state index contributed by atoms with van der Waals surface area (Å²) in [5, 5.41) is 13.9. The molecular formula is C17H20F3N3O. The number of aliphatic hydroxyl groups excluding tert-OH is 1. The summed E-state index contributed by atoms with van der Waals surface area (Å²) in [5.74, 6) is 0. The normalized spacial score (nSPS) is 18.7. The van der Waals surface area contributed by atoms with Gasteiger partial charge in [-0.15, -0.1) is 0 Å². The van der Waals surface area contributed by atoms with Crippen LogP contribution in [0.4, 0.5) is 13.2 Å². The van der Waals surface area contributed by atoms with Crippen LogP contribution in [-0.2, 0) is 6.18 Å². The van der Waals surface area contributed by atoms with E-state index in [1.54, 1.807) is 0 Å². The molecule has 2 aromatic rings. The first-order chi connectivity index (χ1) is 11.4. The first-order valence-electron chi connectivity index (χ1n) is 8.01. The summed E-state index contributed by atoms with van der Waals surface area (Å²) < 4.78 is 39.3. The molecule has 0 saturated carbocycles. The Hall–Kier alpha value is -1.86. The zero-order valence-electron chi connectivity index (χ0n) is 13.2. The van der Waals surface area contributed by atoms with Crippen molar-refractivity contribution in [1.82, 2.24) is 14.7 Å². The number of piperidine rings is 1. The Morgan fingerprint density at radius 3 is 2.38 bits per heavy atom. The third kappa shape index (κ3) is 3.96. The van der Waals surface area contributed by atoms with Gasteiger partial charge in [0.25, 0.3) is 0 Å². The summed E-state index contributed by atoms with van der Waals surface area (Å²) in [5.41, 5.74) is 0.0333. The van der Waals surface area contributed by atoms with Gasteiger partial charge in [0.1, 0.15) is 0 Å². The molecule has 3 rings (SSSR count). The van der Waals surface area contributed by atoms with Crippen LogP contribution in [0.2, 0.25) is 0 Å². The van der Waals surface area contributed by atoms with Crippen LogP contribution in [0.15, 0.2) is 42.6 Å². The van der Waals surface area contributed by atoms with E-state index in [-0.39, 0.29) is 6.04 Å². The van der Waals surface area contributed by atoms with Crippen LogP contribution in [0, 0.1) is 0 Å². The van der Waals surface area contributed by atoms with Crippen molar-refractivity contribution in [2.45, 2.75) is 31.2 Å². The summed E-state index contributed by atoms with van der Waals surface area (Å²) >= 11 is 0. The van der Waals surface area contributed by atoms with E-state index in [1.807, 2.05) is 30.3 Å². The van der Waals surface area contributed by atoms with E-state index in [2.05, 4.69) is 10.00 Å². The molecule has 1 N–H and O–H groups in total. The molecule has 1 aliphatic rings. The molecule has 1 aromatic carbocycles. The minimum absolute atomic E-state index is 0.0220. The average molecular weight is 339 g/mol. The highest BCUT2D eigenvalue weighted by Gasteiger charge is 2.34. The van der Waals surface area contributed by atoms with Crippen molar-refractivity contribution in [3.63, 3.8) is 0 Å². The van der Waals surface area contributed by atoms with Crippen LogP contribution in [0.5, 0.6) is 0 Å². The highest BCUT2D eigenvalue weighted by atomic mass is 19.4. The van der Waals surface area contributed by atoms with Crippen molar-refractivity contribution in [1.29, 1.82) is 0 Å². The predicted molar refractivity (Wildman–Crippen MR) is 83.3 cm³/mol. The van der Waals surface area contributed by atoms with E-state index >= 15 is 0 Å². The smallest absolute Gasteiger partial charge is 0.387 e. The molecule has 1 fully saturated rings. The van der Waals surface area contributed by atoms with Crippen LogP contribution >= 0.6 is 0 Å². The fraction of sp³-hybridized carbons (Fsp3) is 0.471. The molecule has 0 unspecified atom stereocenters. The third-order valence-electron chi connectivity index (χ3n) is 4.45. The third-order valence-corrected chi connectivity index (χ3v) is 4.45. The highest BCUT2D eigenvalue weighted by molar-refractivity contribution is 5.17. The summed E-state index contributed by atoms with van der Waals surface area (Å²) in [6, 6.07) is 10.5. The van der Waals surface area contributed by atoms with Gasteiger partial charge in [-0.25, -0.2) is 0 Å². The van der Waals surface area contributed by atoms with Crippen molar-refractivity contribution >= 4 is 0 Å². The maximum atomic E-state index is 12.6. The van der Waals surface area contributed by atoms with Crippen molar-refractivity contribution in [3.05, 3.63) is 53.9 Å². The molecule has 1 atom stereocenters. The second-order valence-electron chi connectivity index (χ2n) is 6.14. The summed E-state index contributed by atoms with van der Waals surface area (Å²) in [7, 11) is 0. The molecule has 0 bridgehead atoms. The second-order valence-corrected chi connectivity index (χ2v) is 6.14. The van der Waals surface area contributed by atoms with Crippen LogP contribution in [0.25, 0.3) is 0 Å². The van der Waals surface area contributed by atoms with Crippen molar-refractivity contribution in [2.75, 3.05) is 19.6 Å². The Morgan fingerprint density at radius 1 is 1.12 bits per heavy atom. The number of hydrogen-bond acceptors (Lipinski definition) is 3. The Balaban J connectivity index is 1.53. The van der Waals surface area contributed by atoms with E-state index in [0.29, 0.717) is 6.54 Å². The first-order valence-corrected chi connectivity index (χ1v) is 8.01. The van der Waals surface area contributed by atoms with Crippen LogP contribution in [0.1, 0.15) is 36.2 Å². The van der Waals surface area contributed by atoms with Crippen LogP contribution < -0.4 is 0 Å². The molecule has 0 spiro atoms. The number of halogens is 3. The zero-order chi connectivity index (χ0) is 17.2. The lowest BCUT2D eigenvalue weighted by molar-refractivity contribution is -0.141. The van der Waals surface area contributed by atoms with Gasteiger partial charge in [-0.2, -0.15) is 18.3 Å². The number of rotatable bonds is 4. The van der Waals surface area contributed by atoms with E-state index in [1.165, 1.54) is 10.9 Å². The van der Waals surface area contributed by atoms with Crippen LogP contribution in [-0.4, -0.2) is 39.4 Å². The van der Waals surface area contributed by atoms with Gasteiger partial charge in [0.2, 0.25) is 0 Å². The largest absolute Gasteiger partial charge is 0.435 e. The van der Waals surface area contributed by atoms with E-state index < -0.39 is 18.0 Å². The number of β-amino-alcohol motifs (C(OH)–C–C–N with tert-alkyl or cyclic N) is 1. The Morgan fingerprint density at radius 2 is 1.79 bits per heavy atom. The lowest BCUT2D eigenvalue weighted by Gasteiger charge is -2.33. The molecule has 24 heavy (non-hydrogen) atoms.